The minimum absolute atomic E-state index is 0.379. The highest BCUT2D eigenvalue weighted by Gasteiger charge is 2.23. The molecule has 0 bridgehead atoms. The van der Waals surface area contributed by atoms with E-state index in [1.807, 2.05) is 30.3 Å². The Morgan fingerprint density at radius 2 is 1.97 bits per heavy atom. The van der Waals surface area contributed by atoms with Gasteiger partial charge >= 0.3 is 0 Å². The number of hydrogen-bond acceptors (Lipinski definition) is 6. The number of piperidine rings is 1. The lowest BCUT2D eigenvalue weighted by Gasteiger charge is -2.32. The summed E-state index contributed by atoms with van der Waals surface area (Å²) < 4.78 is 5.51. The van der Waals surface area contributed by atoms with Crippen molar-refractivity contribution in [2.45, 2.75) is 12.8 Å². The number of fused-ring (bicyclic) bond motifs is 1. The van der Waals surface area contributed by atoms with E-state index in [1.165, 1.54) is 6.33 Å². The van der Waals surface area contributed by atoms with Gasteiger partial charge < -0.3 is 21.1 Å². The van der Waals surface area contributed by atoms with E-state index in [0.717, 1.165) is 54.0 Å². The Bertz CT molecular complexity index is 1040. The number of amides is 1. The molecule has 1 saturated heterocycles. The number of benzene rings is 2. The Hall–Kier alpha value is -3.19. The van der Waals surface area contributed by atoms with Crippen LogP contribution in [-0.2, 0) is 0 Å². The van der Waals surface area contributed by atoms with Crippen LogP contribution in [0.25, 0.3) is 22.0 Å². The standard InChI is InChI=1S/C22H25N5O2/c1-29-19-5-3-2-4-16(19)15-10-17(21(24)28)20-18(11-15)22(26-13-25-20)27-8-6-14(12-23)7-9-27/h2-5,10-11,13-14H,6-9,12,23H2,1H3,(H2,24,28). The van der Waals surface area contributed by atoms with Crippen LogP contribution < -0.4 is 21.1 Å². The smallest absolute Gasteiger partial charge is 0.250 e. The average molecular weight is 391 g/mol. The first-order chi connectivity index (χ1) is 14.1. The van der Waals surface area contributed by atoms with Crippen molar-refractivity contribution in [2.24, 2.45) is 17.4 Å². The number of para-hydroxylation sites is 1. The molecule has 7 nitrogen and oxygen atoms in total. The number of anilines is 1. The molecule has 4 N–H and O–H groups in total. The van der Waals surface area contributed by atoms with Gasteiger partial charge in [-0.3, -0.25) is 4.79 Å². The molecule has 2 heterocycles. The van der Waals surface area contributed by atoms with E-state index in [9.17, 15) is 4.79 Å². The average Bonchev–Trinajstić information content (AvgIpc) is 2.77. The number of ether oxygens (including phenoxy) is 1. The van der Waals surface area contributed by atoms with Crippen LogP contribution >= 0.6 is 0 Å². The third-order valence-electron chi connectivity index (χ3n) is 5.65. The zero-order chi connectivity index (χ0) is 20.4. The van der Waals surface area contributed by atoms with Gasteiger partial charge in [0.25, 0.3) is 5.91 Å². The monoisotopic (exact) mass is 391 g/mol. The van der Waals surface area contributed by atoms with Gasteiger partial charge in [-0.25, -0.2) is 9.97 Å². The first kappa shape index (κ1) is 19.1. The number of nitrogens with two attached hydrogens (primary N) is 2. The second-order valence-corrected chi connectivity index (χ2v) is 7.35. The van der Waals surface area contributed by atoms with E-state index in [-0.39, 0.29) is 0 Å². The van der Waals surface area contributed by atoms with Gasteiger partial charge in [0, 0.05) is 24.0 Å². The first-order valence-corrected chi connectivity index (χ1v) is 9.79. The van der Waals surface area contributed by atoms with Crippen molar-refractivity contribution >= 4 is 22.6 Å². The van der Waals surface area contributed by atoms with Crippen molar-refractivity contribution in [3.63, 3.8) is 0 Å². The molecule has 1 amide bonds. The molecule has 1 aromatic heterocycles. The van der Waals surface area contributed by atoms with Crippen LogP contribution in [0.15, 0.2) is 42.7 Å². The molecule has 0 aliphatic carbocycles. The molecule has 0 saturated carbocycles. The first-order valence-electron chi connectivity index (χ1n) is 9.79. The number of hydrogen-bond donors (Lipinski definition) is 2. The fourth-order valence-corrected chi connectivity index (χ4v) is 4.01. The Labute approximate surface area is 169 Å². The number of carbonyl (C=O) groups is 1. The molecular weight excluding hydrogens is 366 g/mol. The predicted octanol–water partition coefficient (Wildman–Crippen LogP) is 2.58. The summed E-state index contributed by atoms with van der Waals surface area (Å²) in [6.45, 7) is 2.46. The van der Waals surface area contributed by atoms with Crippen LogP contribution in [0.4, 0.5) is 5.82 Å². The van der Waals surface area contributed by atoms with E-state index >= 15 is 0 Å². The Balaban J connectivity index is 1.88. The molecule has 3 aromatic rings. The van der Waals surface area contributed by atoms with Crippen LogP contribution in [0, 0.1) is 5.92 Å². The summed E-state index contributed by atoms with van der Waals surface area (Å²) in [5.74, 6) is 1.58. The fraction of sp³-hybridized carbons (Fsp3) is 0.318. The Morgan fingerprint density at radius 3 is 2.66 bits per heavy atom. The minimum atomic E-state index is -0.516. The van der Waals surface area contributed by atoms with Gasteiger partial charge in [-0.2, -0.15) is 0 Å². The zero-order valence-corrected chi connectivity index (χ0v) is 16.5. The van der Waals surface area contributed by atoms with Crippen molar-refractivity contribution in [1.29, 1.82) is 0 Å². The van der Waals surface area contributed by atoms with E-state index in [1.54, 1.807) is 13.2 Å². The zero-order valence-electron chi connectivity index (χ0n) is 16.5. The van der Waals surface area contributed by atoms with Crippen molar-refractivity contribution in [3.8, 4) is 16.9 Å². The van der Waals surface area contributed by atoms with Crippen LogP contribution in [0.5, 0.6) is 5.75 Å². The minimum Gasteiger partial charge on any atom is -0.496 e. The summed E-state index contributed by atoms with van der Waals surface area (Å²) in [7, 11) is 1.63. The van der Waals surface area contributed by atoms with Crippen molar-refractivity contribution in [2.75, 3.05) is 31.6 Å². The predicted molar refractivity (Wildman–Crippen MR) is 114 cm³/mol. The molecule has 0 unspecified atom stereocenters. The molecular formula is C22H25N5O2. The van der Waals surface area contributed by atoms with E-state index in [4.69, 9.17) is 16.2 Å². The molecule has 150 valence electrons. The summed E-state index contributed by atoms with van der Waals surface area (Å²) >= 11 is 0. The summed E-state index contributed by atoms with van der Waals surface area (Å²) in [6, 6.07) is 11.5. The van der Waals surface area contributed by atoms with Crippen LogP contribution in [-0.4, -0.2) is 42.6 Å². The van der Waals surface area contributed by atoms with Gasteiger partial charge in [0.1, 0.15) is 17.9 Å². The van der Waals surface area contributed by atoms with Gasteiger partial charge in [-0.15, -0.1) is 0 Å². The topological polar surface area (TPSA) is 107 Å². The van der Waals surface area contributed by atoms with Crippen molar-refractivity contribution in [1.82, 2.24) is 9.97 Å². The SMILES string of the molecule is COc1ccccc1-c1cc(C(N)=O)c2ncnc(N3CCC(CN)CC3)c2c1. The molecule has 7 heteroatoms. The highest BCUT2D eigenvalue weighted by molar-refractivity contribution is 6.09. The Kier molecular flexibility index (Phi) is 5.31. The summed E-state index contributed by atoms with van der Waals surface area (Å²) in [5, 5.41) is 0.816. The van der Waals surface area contributed by atoms with Gasteiger partial charge in [0.05, 0.1) is 18.2 Å². The van der Waals surface area contributed by atoms with Crippen molar-refractivity contribution in [3.05, 3.63) is 48.3 Å². The molecule has 1 fully saturated rings. The molecule has 4 rings (SSSR count). The lowest BCUT2D eigenvalue weighted by atomic mass is 9.96. The van der Waals surface area contributed by atoms with Gasteiger partial charge in [0.15, 0.2) is 0 Å². The summed E-state index contributed by atoms with van der Waals surface area (Å²) in [5.41, 5.74) is 14.2. The van der Waals surface area contributed by atoms with Crippen LogP contribution in [0.3, 0.4) is 0 Å². The van der Waals surface area contributed by atoms with Crippen LogP contribution in [0.2, 0.25) is 0 Å². The van der Waals surface area contributed by atoms with E-state index < -0.39 is 5.91 Å². The number of rotatable bonds is 5. The number of nitrogens with zero attached hydrogens (tertiary/aromatic N) is 3. The van der Waals surface area contributed by atoms with Gasteiger partial charge in [0.2, 0.25) is 0 Å². The van der Waals surface area contributed by atoms with E-state index in [0.29, 0.717) is 23.5 Å². The second kappa shape index (κ2) is 8.05. The van der Waals surface area contributed by atoms with Gasteiger partial charge in [-0.1, -0.05) is 18.2 Å². The molecule has 1 aliphatic heterocycles. The lowest BCUT2D eigenvalue weighted by molar-refractivity contribution is 0.100. The number of primary amides is 1. The third-order valence-corrected chi connectivity index (χ3v) is 5.65. The highest BCUT2D eigenvalue weighted by atomic mass is 16.5. The summed E-state index contributed by atoms with van der Waals surface area (Å²) in [4.78, 5) is 23.4. The summed E-state index contributed by atoms with van der Waals surface area (Å²) in [6.07, 6.45) is 3.55. The number of aromatic nitrogens is 2. The maximum absolute atomic E-state index is 12.2. The normalized spacial score (nSPS) is 14.9. The van der Waals surface area contributed by atoms with E-state index in [2.05, 4.69) is 14.9 Å². The highest BCUT2D eigenvalue weighted by Crippen LogP contribution is 2.36. The Morgan fingerprint density at radius 1 is 1.21 bits per heavy atom. The fourth-order valence-electron chi connectivity index (χ4n) is 4.01. The molecule has 2 aromatic carbocycles. The molecule has 0 radical (unpaired) electrons. The largest absolute Gasteiger partial charge is 0.496 e. The third kappa shape index (κ3) is 3.61. The maximum Gasteiger partial charge on any atom is 0.250 e. The maximum atomic E-state index is 12.2. The molecule has 0 atom stereocenters. The molecule has 1 aliphatic rings. The quantitative estimate of drug-likeness (QED) is 0.692. The lowest BCUT2D eigenvalue weighted by Crippen LogP contribution is -2.36. The van der Waals surface area contributed by atoms with Crippen molar-refractivity contribution < 1.29 is 9.53 Å². The molecule has 29 heavy (non-hydrogen) atoms. The van der Waals surface area contributed by atoms with Crippen LogP contribution in [0.1, 0.15) is 23.2 Å². The molecule has 0 spiro atoms. The number of methoxy groups -OCH3 is 1. The number of carbonyl (C=O) groups excluding carboxylic acids is 1. The van der Waals surface area contributed by atoms with Gasteiger partial charge in [-0.05, 0) is 49.1 Å². The second-order valence-electron chi connectivity index (χ2n) is 7.35.